The Kier molecular flexibility index (Phi) is 5.25. The van der Waals surface area contributed by atoms with E-state index in [9.17, 15) is 26.3 Å². The van der Waals surface area contributed by atoms with Gasteiger partial charge < -0.3 is 19.6 Å². The van der Waals surface area contributed by atoms with Crippen molar-refractivity contribution in [2.75, 3.05) is 11.9 Å². The highest BCUT2D eigenvalue weighted by atomic mass is 19.4. The van der Waals surface area contributed by atoms with Gasteiger partial charge in [0, 0.05) is 28.9 Å². The van der Waals surface area contributed by atoms with Gasteiger partial charge in [-0.1, -0.05) is 24.3 Å². The number of rotatable bonds is 2. The molecule has 0 bridgehead atoms. The molecule has 0 aliphatic carbocycles. The molecule has 41 heavy (non-hydrogen) atoms. The lowest BCUT2D eigenvalue weighted by Crippen LogP contribution is -2.15. The Labute approximate surface area is 228 Å². The lowest BCUT2D eigenvalue weighted by Gasteiger charge is -2.30. The molecule has 7 rings (SSSR count). The lowest BCUT2D eigenvalue weighted by molar-refractivity contribution is -0.141. The Morgan fingerprint density at radius 2 is 0.927 bits per heavy atom. The van der Waals surface area contributed by atoms with E-state index in [1.54, 1.807) is 36.4 Å². The summed E-state index contributed by atoms with van der Waals surface area (Å²) in [7, 11) is 1.88. The van der Waals surface area contributed by atoms with E-state index >= 15 is 0 Å². The Morgan fingerprint density at radius 3 is 1.34 bits per heavy atom. The number of ether oxygens (including phenoxy) is 1. The highest BCUT2D eigenvalue weighted by Crippen LogP contribution is 2.48. The number of aromatic nitrogens is 2. The van der Waals surface area contributed by atoms with E-state index in [1.807, 2.05) is 48.3 Å². The fourth-order valence-electron chi connectivity index (χ4n) is 5.27. The molecule has 0 unspecified atom stereocenters. The van der Waals surface area contributed by atoms with E-state index in [0.717, 1.165) is 45.8 Å². The summed E-state index contributed by atoms with van der Waals surface area (Å²) in [5, 5.41) is 0.905. The van der Waals surface area contributed by atoms with Gasteiger partial charge in [0.25, 0.3) is 0 Å². The number of aromatic amines is 2. The van der Waals surface area contributed by atoms with Crippen LogP contribution in [0.25, 0.3) is 44.1 Å². The van der Waals surface area contributed by atoms with Crippen molar-refractivity contribution in [2.24, 2.45) is 0 Å². The molecule has 4 nitrogen and oxygen atoms in total. The third-order valence-corrected chi connectivity index (χ3v) is 7.38. The van der Waals surface area contributed by atoms with E-state index in [0.29, 0.717) is 33.3 Å². The van der Waals surface area contributed by atoms with Crippen LogP contribution in [0, 0.1) is 0 Å². The summed E-state index contributed by atoms with van der Waals surface area (Å²) in [5.74, 6) is 1.24. The molecule has 0 radical (unpaired) electrons. The van der Waals surface area contributed by atoms with Gasteiger partial charge in [0.2, 0.25) is 0 Å². The summed E-state index contributed by atoms with van der Waals surface area (Å²) in [6, 6.07) is 23.5. The maximum absolute atomic E-state index is 13.2. The molecule has 0 spiro atoms. The number of fused-ring (bicyclic) bond motifs is 4. The van der Waals surface area contributed by atoms with Crippen molar-refractivity contribution >= 4 is 33.2 Å². The van der Waals surface area contributed by atoms with E-state index in [2.05, 4.69) is 9.97 Å². The number of H-pyrrole nitrogens is 2. The molecule has 1 aliphatic rings. The van der Waals surface area contributed by atoms with E-state index in [4.69, 9.17) is 4.74 Å². The normalized spacial score (nSPS) is 13.4. The monoisotopic (exact) mass is 563 g/mol. The summed E-state index contributed by atoms with van der Waals surface area (Å²) in [5.41, 5.74) is 3.81. The Bertz CT molecular complexity index is 1840. The molecule has 4 aromatic carbocycles. The Hall–Kier alpha value is -4.86. The Morgan fingerprint density at radius 1 is 0.537 bits per heavy atom. The first kappa shape index (κ1) is 25.1. The van der Waals surface area contributed by atoms with Crippen LogP contribution in [0.1, 0.15) is 11.4 Å². The van der Waals surface area contributed by atoms with Crippen LogP contribution < -0.4 is 9.64 Å². The minimum absolute atomic E-state index is 0.397. The molecule has 2 aromatic heterocycles. The van der Waals surface area contributed by atoms with Crippen molar-refractivity contribution in [2.45, 2.75) is 12.4 Å². The number of nitrogens with zero attached hydrogens (tertiary/aromatic N) is 1. The van der Waals surface area contributed by atoms with Gasteiger partial charge in [0.05, 0.1) is 11.4 Å². The van der Waals surface area contributed by atoms with Crippen molar-refractivity contribution in [3.8, 4) is 33.8 Å². The summed E-state index contributed by atoms with van der Waals surface area (Å²) in [6.45, 7) is 0. The van der Waals surface area contributed by atoms with Gasteiger partial charge in [0.1, 0.15) is 11.4 Å². The third-order valence-electron chi connectivity index (χ3n) is 7.38. The number of halogens is 6. The van der Waals surface area contributed by atoms with Gasteiger partial charge in [-0.2, -0.15) is 26.3 Å². The molecule has 206 valence electrons. The molecule has 0 saturated carbocycles. The zero-order valence-electron chi connectivity index (χ0n) is 21.2. The van der Waals surface area contributed by atoms with E-state index in [-0.39, 0.29) is 0 Å². The molecule has 3 heterocycles. The second-order valence-corrected chi connectivity index (χ2v) is 9.99. The largest absolute Gasteiger partial charge is 0.453 e. The lowest BCUT2D eigenvalue weighted by atomic mass is 10.00. The van der Waals surface area contributed by atoms with Gasteiger partial charge in [0.15, 0.2) is 11.5 Å². The second-order valence-electron chi connectivity index (χ2n) is 9.99. The average Bonchev–Trinajstić information content (AvgIpc) is 3.57. The summed E-state index contributed by atoms with van der Waals surface area (Å²) >= 11 is 0. The fourth-order valence-corrected chi connectivity index (χ4v) is 5.27. The van der Waals surface area contributed by atoms with Crippen LogP contribution in [-0.4, -0.2) is 17.0 Å². The number of nitrogens with one attached hydrogen (secondary N) is 2. The minimum atomic E-state index is -4.46. The second kappa shape index (κ2) is 8.57. The molecule has 10 heteroatoms. The quantitative estimate of drug-likeness (QED) is 0.206. The van der Waals surface area contributed by atoms with Gasteiger partial charge >= 0.3 is 12.4 Å². The molecular weight excluding hydrogens is 544 g/mol. The first-order valence-electron chi connectivity index (χ1n) is 12.5. The molecule has 0 atom stereocenters. The molecular formula is C31H19F6N3O. The van der Waals surface area contributed by atoms with Crippen molar-refractivity contribution < 1.29 is 31.1 Å². The zero-order chi connectivity index (χ0) is 28.7. The predicted molar refractivity (Wildman–Crippen MR) is 146 cm³/mol. The fraction of sp³-hybridized carbons (Fsp3) is 0.0968. The standard InChI is InChI=1S/C31H19F6N3O/c1-40-24-12-18(16-2-6-22-20(10-16)14-28(38-22)30(32,33)34)4-8-26(24)41-27-9-5-19(13-25(27)40)17-3-7-23-21(11-17)15-29(39-23)31(35,36)37/h2-15,38-39H,1H3. The summed E-state index contributed by atoms with van der Waals surface area (Å²) in [4.78, 5) is 6.78. The Balaban J connectivity index is 1.23. The number of hydrogen-bond acceptors (Lipinski definition) is 2. The van der Waals surface area contributed by atoms with Crippen LogP contribution in [0.15, 0.2) is 84.9 Å². The molecule has 0 fully saturated rings. The van der Waals surface area contributed by atoms with Crippen molar-refractivity contribution in [1.82, 2.24) is 9.97 Å². The SMILES string of the molecule is CN1c2cc(-c3ccc4[nH]c(C(F)(F)F)cc4c3)ccc2Oc2ccc(-c3ccc4[nH]c(C(F)(F)F)cc4c3)cc21. The topological polar surface area (TPSA) is 44.0 Å². The highest BCUT2D eigenvalue weighted by molar-refractivity contribution is 5.90. The molecule has 2 N–H and O–H groups in total. The average molecular weight is 564 g/mol. The van der Waals surface area contributed by atoms with Crippen LogP contribution >= 0.6 is 0 Å². The van der Waals surface area contributed by atoms with Crippen LogP contribution in [0.5, 0.6) is 11.5 Å². The number of hydrogen-bond donors (Lipinski definition) is 2. The molecule has 1 aliphatic heterocycles. The van der Waals surface area contributed by atoms with Crippen molar-refractivity contribution in [1.29, 1.82) is 0 Å². The van der Waals surface area contributed by atoms with E-state index < -0.39 is 23.7 Å². The smallest absolute Gasteiger partial charge is 0.431 e. The van der Waals surface area contributed by atoms with Crippen LogP contribution in [0.4, 0.5) is 37.7 Å². The molecule has 0 amide bonds. The maximum Gasteiger partial charge on any atom is 0.431 e. The number of benzene rings is 4. The maximum atomic E-state index is 13.2. The van der Waals surface area contributed by atoms with Gasteiger partial charge in [-0.25, -0.2) is 0 Å². The zero-order valence-corrected chi connectivity index (χ0v) is 21.2. The summed E-state index contributed by atoms with van der Waals surface area (Å²) < 4.78 is 85.1. The summed E-state index contributed by atoms with van der Waals surface area (Å²) in [6.07, 6.45) is -8.92. The minimum Gasteiger partial charge on any atom is -0.453 e. The number of anilines is 2. The van der Waals surface area contributed by atoms with Crippen LogP contribution in [-0.2, 0) is 12.4 Å². The molecule has 0 saturated heterocycles. The van der Waals surface area contributed by atoms with Crippen LogP contribution in [0.3, 0.4) is 0 Å². The predicted octanol–water partition coefficient (Wildman–Crippen LogP) is 9.89. The molecule has 6 aromatic rings. The van der Waals surface area contributed by atoms with Crippen molar-refractivity contribution in [3.05, 3.63) is 96.3 Å². The van der Waals surface area contributed by atoms with Gasteiger partial charge in [-0.3, -0.25) is 0 Å². The first-order chi connectivity index (χ1) is 19.4. The third kappa shape index (κ3) is 4.26. The van der Waals surface area contributed by atoms with Crippen LogP contribution in [0.2, 0.25) is 0 Å². The highest BCUT2D eigenvalue weighted by Gasteiger charge is 2.33. The van der Waals surface area contributed by atoms with Gasteiger partial charge in [-0.05, 0) is 82.9 Å². The van der Waals surface area contributed by atoms with Gasteiger partial charge in [-0.15, -0.1) is 0 Å². The van der Waals surface area contributed by atoms with E-state index in [1.165, 1.54) is 0 Å². The first-order valence-corrected chi connectivity index (χ1v) is 12.5. The number of alkyl halides is 6. The van der Waals surface area contributed by atoms with Crippen molar-refractivity contribution in [3.63, 3.8) is 0 Å².